The molecule has 3 amide bonds. The molecule has 18 heavy (non-hydrogen) atoms. The molecule has 1 fully saturated rings. The number of imide groups is 1. The van der Waals surface area contributed by atoms with Gasteiger partial charge in [-0.1, -0.05) is 13.3 Å². The number of urea groups is 1. The summed E-state index contributed by atoms with van der Waals surface area (Å²) in [5.41, 5.74) is 0. The van der Waals surface area contributed by atoms with Crippen LogP contribution in [0.15, 0.2) is 0 Å². The fourth-order valence-corrected chi connectivity index (χ4v) is 1.44. The Morgan fingerprint density at radius 3 is 2.50 bits per heavy atom. The largest absolute Gasteiger partial charge is 0.480 e. The molecule has 4 N–H and O–H groups in total. The number of amides is 3. The van der Waals surface area contributed by atoms with Crippen LogP contribution >= 0.6 is 0 Å². The van der Waals surface area contributed by atoms with E-state index in [4.69, 9.17) is 5.11 Å². The van der Waals surface area contributed by atoms with E-state index in [1.165, 1.54) is 0 Å². The van der Waals surface area contributed by atoms with E-state index in [2.05, 4.69) is 16.0 Å². The van der Waals surface area contributed by atoms with Crippen molar-refractivity contribution in [3.05, 3.63) is 0 Å². The average molecular weight is 257 g/mol. The fourth-order valence-electron chi connectivity index (χ4n) is 1.44. The van der Waals surface area contributed by atoms with Crippen LogP contribution in [0, 0.1) is 0 Å². The number of hydrogen-bond donors (Lipinski definition) is 4. The lowest BCUT2D eigenvalue weighted by Gasteiger charge is -2.13. The van der Waals surface area contributed by atoms with E-state index >= 15 is 0 Å². The monoisotopic (exact) mass is 257 g/mol. The lowest BCUT2D eigenvalue weighted by molar-refractivity contribution is -0.139. The molecule has 1 rings (SSSR count). The highest BCUT2D eigenvalue weighted by molar-refractivity contribution is 5.95. The predicted molar refractivity (Wildman–Crippen MR) is 64.0 cm³/mol. The van der Waals surface area contributed by atoms with Crippen molar-refractivity contribution in [1.82, 2.24) is 16.0 Å². The van der Waals surface area contributed by atoms with Gasteiger partial charge in [-0.2, -0.15) is 0 Å². The molecule has 0 saturated heterocycles. The van der Waals surface area contributed by atoms with Gasteiger partial charge in [0.05, 0.1) is 6.54 Å². The predicted octanol–water partition coefficient (Wildman–Crippen LogP) is -0.182. The van der Waals surface area contributed by atoms with Crippen LogP contribution in [-0.2, 0) is 9.59 Å². The zero-order valence-corrected chi connectivity index (χ0v) is 10.4. The Labute approximate surface area is 105 Å². The molecule has 0 spiro atoms. The molecule has 1 unspecified atom stereocenters. The molecular formula is C11H19N3O4. The summed E-state index contributed by atoms with van der Waals surface area (Å²) in [6, 6.07) is -1.10. The summed E-state index contributed by atoms with van der Waals surface area (Å²) in [4.78, 5) is 33.4. The molecule has 0 aliphatic heterocycles. The number of hydrogen-bond acceptors (Lipinski definition) is 4. The van der Waals surface area contributed by atoms with E-state index in [0.29, 0.717) is 12.8 Å². The average Bonchev–Trinajstić information content (AvgIpc) is 3.07. The number of carboxylic acids is 1. The van der Waals surface area contributed by atoms with Crippen LogP contribution in [0.25, 0.3) is 0 Å². The lowest BCUT2D eigenvalue weighted by atomic mass is 10.2. The number of carboxylic acid groups (broad SMARTS) is 1. The third-order valence-corrected chi connectivity index (χ3v) is 2.55. The Bertz CT molecular complexity index is 328. The van der Waals surface area contributed by atoms with Crippen LogP contribution in [0.4, 0.5) is 4.79 Å². The van der Waals surface area contributed by atoms with Gasteiger partial charge in [0.25, 0.3) is 0 Å². The van der Waals surface area contributed by atoms with Crippen molar-refractivity contribution in [3.8, 4) is 0 Å². The first-order chi connectivity index (χ1) is 8.52. The summed E-state index contributed by atoms with van der Waals surface area (Å²) in [5, 5.41) is 16.2. The van der Waals surface area contributed by atoms with Crippen molar-refractivity contribution in [2.45, 2.75) is 44.7 Å². The zero-order chi connectivity index (χ0) is 13.5. The molecular weight excluding hydrogens is 238 g/mol. The van der Waals surface area contributed by atoms with Crippen LogP contribution in [-0.4, -0.2) is 41.6 Å². The van der Waals surface area contributed by atoms with Crippen LogP contribution in [0.2, 0.25) is 0 Å². The smallest absolute Gasteiger partial charge is 0.321 e. The van der Waals surface area contributed by atoms with Crippen molar-refractivity contribution >= 4 is 17.9 Å². The third-order valence-electron chi connectivity index (χ3n) is 2.55. The van der Waals surface area contributed by atoms with Crippen LogP contribution in [0.5, 0.6) is 0 Å². The van der Waals surface area contributed by atoms with Crippen molar-refractivity contribution in [2.75, 3.05) is 6.54 Å². The molecule has 7 nitrogen and oxygen atoms in total. The zero-order valence-electron chi connectivity index (χ0n) is 10.4. The molecule has 1 aliphatic rings. The lowest BCUT2D eigenvalue weighted by Crippen LogP contribution is -2.47. The normalized spacial score (nSPS) is 15.8. The molecule has 0 bridgehead atoms. The number of aliphatic carboxylic acids is 1. The molecule has 0 aromatic rings. The van der Waals surface area contributed by atoms with E-state index in [0.717, 1.165) is 12.8 Å². The van der Waals surface area contributed by atoms with E-state index in [1.54, 1.807) is 0 Å². The van der Waals surface area contributed by atoms with Crippen molar-refractivity contribution < 1.29 is 19.5 Å². The minimum Gasteiger partial charge on any atom is -0.480 e. The van der Waals surface area contributed by atoms with Crippen molar-refractivity contribution in [1.29, 1.82) is 0 Å². The first-order valence-corrected chi connectivity index (χ1v) is 6.09. The van der Waals surface area contributed by atoms with E-state index < -0.39 is 23.9 Å². The second-order valence-corrected chi connectivity index (χ2v) is 4.36. The Morgan fingerprint density at radius 2 is 2.00 bits per heavy atom. The van der Waals surface area contributed by atoms with Crippen molar-refractivity contribution in [2.24, 2.45) is 0 Å². The minimum absolute atomic E-state index is 0.178. The van der Waals surface area contributed by atoms with Crippen LogP contribution in [0.3, 0.4) is 0 Å². The van der Waals surface area contributed by atoms with Crippen LogP contribution in [0.1, 0.15) is 32.6 Å². The summed E-state index contributed by atoms with van der Waals surface area (Å²) < 4.78 is 0. The van der Waals surface area contributed by atoms with Gasteiger partial charge in [-0.05, 0) is 19.3 Å². The summed E-state index contributed by atoms with van der Waals surface area (Å²) in [6.45, 7) is 1.68. The Hall–Kier alpha value is -1.63. The third kappa shape index (κ3) is 5.62. The van der Waals surface area contributed by atoms with E-state index in [9.17, 15) is 14.4 Å². The molecule has 102 valence electrons. The first kappa shape index (κ1) is 14.4. The van der Waals surface area contributed by atoms with Crippen LogP contribution < -0.4 is 16.0 Å². The summed E-state index contributed by atoms with van der Waals surface area (Å²) >= 11 is 0. The fraction of sp³-hybridized carbons (Fsp3) is 0.727. The molecule has 1 atom stereocenters. The highest BCUT2D eigenvalue weighted by atomic mass is 16.4. The van der Waals surface area contributed by atoms with E-state index in [1.807, 2.05) is 6.92 Å². The molecule has 0 radical (unpaired) electrons. The molecule has 0 heterocycles. The van der Waals surface area contributed by atoms with E-state index in [-0.39, 0.29) is 12.6 Å². The maximum Gasteiger partial charge on any atom is 0.321 e. The second-order valence-electron chi connectivity index (χ2n) is 4.36. The Morgan fingerprint density at radius 1 is 1.33 bits per heavy atom. The molecule has 7 heteroatoms. The van der Waals surface area contributed by atoms with Gasteiger partial charge in [0.1, 0.15) is 6.04 Å². The molecule has 1 aliphatic carbocycles. The summed E-state index contributed by atoms with van der Waals surface area (Å²) in [6.07, 6.45) is 3.03. The van der Waals surface area contributed by atoms with Gasteiger partial charge >= 0.3 is 12.0 Å². The number of nitrogens with one attached hydrogen (secondary N) is 3. The maximum atomic E-state index is 11.4. The van der Waals surface area contributed by atoms with Gasteiger partial charge in [-0.15, -0.1) is 0 Å². The van der Waals surface area contributed by atoms with Gasteiger partial charge < -0.3 is 10.4 Å². The second kappa shape index (κ2) is 6.95. The van der Waals surface area contributed by atoms with Gasteiger partial charge in [0.2, 0.25) is 5.91 Å². The number of rotatable bonds is 7. The molecule has 0 aromatic heterocycles. The SMILES string of the molecule is CCCC(NCC(=O)NC(=O)NC1CC1)C(=O)O. The highest BCUT2D eigenvalue weighted by Crippen LogP contribution is 2.18. The minimum atomic E-state index is -0.993. The molecule has 0 aromatic carbocycles. The maximum absolute atomic E-state index is 11.4. The van der Waals surface area contributed by atoms with Gasteiger partial charge in [0, 0.05) is 6.04 Å². The van der Waals surface area contributed by atoms with Gasteiger partial charge in [-0.25, -0.2) is 4.79 Å². The summed E-state index contributed by atoms with van der Waals surface area (Å²) in [7, 11) is 0. The number of carbonyl (C=O) groups is 3. The summed E-state index contributed by atoms with van der Waals surface area (Å²) in [5.74, 6) is -1.53. The topological polar surface area (TPSA) is 108 Å². The Balaban J connectivity index is 2.21. The molecule has 1 saturated carbocycles. The quantitative estimate of drug-likeness (QED) is 0.506. The van der Waals surface area contributed by atoms with Crippen molar-refractivity contribution in [3.63, 3.8) is 0 Å². The standard InChI is InChI=1S/C11H19N3O4/c1-2-3-8(10(16)17)12-6-9(15)14-11(18)13-7-4-5-7/h7-8,12H,2-6H2,1H3,(H,16,17)(H2,13,14,15,18). The van der Waals surface area contributed by atoms with Gasteiger partial charge in [-0.3, -0.25) is 20.2 Å². The Kier molecular flexibility index (Phi) is 5.57. The first-order valence-electron chi connectivity index (χ1n) is 6.09. The number of carbonyl (C=O) groups excluding carboxylic acids is 2. The highest BCUT2D eigenvalue weighted by Gasteiger charge is 2.24. The van der Waals surface area contributed by atoms with Gasteiger partial charge in [0.15, 0.2) is 0 Å².